The van der Waals surface area contributed by atoms with Crippen LogP contribution in [0.1, 0.15) is 18.9 Å². The van der Waals surface area contributed by atoms with E-state index in [-0.39, 0.29) is 13.0 Å². The second-order valence-electron chi connectivity index (χ2n) is 5.42. The van der Waals surface area contributed by atoms with Gasteiger partial charge in [-0.25, -0.2) is 9.65 Å². The van der Waals surface area contributed by atoms with E-state index < -0.39 is 18.9 Å². The van der Waals surface area contributed by atoms with E-state index in [4.69, 9.17) is 20.5 Å². The van der Waals surface area contributed by atoms with Crippen LogP contribution in [0, 0.1) is 0 Å². The van der Waals surface area contributed by atoms with Crippen molar-refractivity contribution in [2.24, 2.45) is 0 Å². The van der Waals surface area contributed by atoms with Crippen molar-refractivity contribution < 1.29 is 18.6 Å². The average Bonchev–Trinajstić information content (AvgIpc) is 2.60. The van der Waals surface area contributed by atoms with Crippen LogP contribution >= 0.6 is 18.1 Å². The van der Waals surface area contributed by atoms with Crippen LogP contribution in [0.5, 0.6) is 5.75 Å². The van der Waals surface area contributed by atoms with Crippen LogP contribution in [-0.4, -0.2) is 18.6 Å². The summed E-state index contributed by atoms with van der Waals surface area (Å²) in [6.07, 6.45) is 0.987. The van der Waals surface area contributed by atoms with Crippen molar-refractivity contribution in [3.63, 3.8) is 0 Å². The maximum Gasteiger partial charge on any atom is 0.409 e. The van der Waals surface area contributed by atoms with Crippen molar-refractivity contribution in [2.45, 2.75) is 25.8 Å². The number of hydrogen-bond acceptors (Lipinski definition) is 4. The first-order valence-electron chi connectivity index (χ1n) is 8.03. The minimum atomic E-state index is -3.77. The summed E-state index contributed by atoms with van der Waals surface area (Å²) in [5.41, 5.74) is 0.893. The average molecular weight is 382 g/mol. The Morgan fingerprint density at radius 2 is 1.72 bits per heavy atom. The van der Waals surface area contributed by atoms with Crippen LogP contribution in [0.15, 0.2) is 60.7 Å². The molecule has 0 aliphatic heterocycles. The van der Waals surface area contributed by atoms with E-state index in [9.17, 15) is 9.36 Å². The smallest absolute Gasteiger partial charge is 0.409 e. The van der Waals surface area contributed by atoms with Gasteiger partial charge in [0.15, 0.2) is 0 Å². The number of ether oxygens (including phenoxy) is 1. The van der Waals surface area contributed by atoms with Gasteiger partial charge in [-0.2, -0.15) is 0 Å². The second kappa shape index (κ2) is 9.62. The van der Waals surface area contributed by atoms with Crippen molar-refractivity contribution in [1.82, 2.24) is 5.09 Å². The van der Waals surface area contributed by atoms with E-state index >= 15 is 0 Å². The quantitative estimate of drug-likeness (QED) is 0.509. The Bertz CT molecular complexity index is 712. The van der Waals surface area contributed by atoms with Gasteiger partial charge >= 0.3 is 12.8 Å². The first kappa shape index (κ1) is 19.5. The highest BCUT2D eigenvalue weighted by atomic mass is 35.7. The third kappa shape index (κ3) is 6.91. The van der Waals surface area contributed by atoms with Crippen LogP contribution < -0.4 is 9.61 Å². The molecule has 2 atom stereocenters. The molecule has 0 aliphatic rings. The van der Waals surface area contributed by atoms with Gasteiger partial charge in [0.05, 0.1) is 6.61 Å². The monoisotopic (exact) mass is 381 g/mol. The lowest BCUT2D eigenvalue weighted by Crippen LogP contribution is -2.38. The highest BCUT2D eigenvalue weighted by Gasteiger charge is 2.31. The first-order valence-corrected chi connectivity index (χ1v) is 10.6. The molecule has 2 aromatic carbocycles. The Morgan fingerprint density at radius 1 is 1.12 bits per heavy atom. The minimum Gasteiger partial charge on any atom is -0.465 e. The molecule has 0 heterocycles. The normalized spacial score (nSPS) is 14.3. The van der Waals surface area contributed by atoms with E-state index in [1.807, 2.05) is 37.3 Å². The van der Waals surface area contributed by atoms with E-state index in [0.29, 0.717) is 12.2 Å². The zero-order valence-corrected chi connectivity index (χ0v) is 15.6. The molecular weight excluding hydrogens is 361 g/mol. The molecule has 25 heavy (non-hydrogen) atoms. The minimum absolute atomic E-state index is 0.290. The second-order valence-corrected chi connectivity index (χ2v) is 8.16. The predicted molar refractivity (Wildman–Crippen MR) is 98.8 cm³/mol. The molecule has 1 unspecified atom stereocenters. The van der Waals surface area contributed by atoms with Gasteiger partial charge in [0, 0.05) is 11.2 Å². The molecule has 0 bridgehead atoms. The summed E-state index contributed by atoms with van der Waals surface area (Å²) in [6.45, 7) is -1.58. The number of benzene rings is 2. The van der Waals surface area contributed by atoms with E-state index in [2.05, 4.69) is 5.09 Å². The lowest BCUT2D eigenvalue weighted by atomic mass is 10.1. The number of carbonyl (C=O) groups excluding carboxylic acids is 1. The van der Waals surface area contributed by atoms with Crippen LogP contribution in [-0.2, 0) is 20.5 Å². The van der Waals surface area contributed by atoms with Gasteiger partial charge in [0.1, 0.15) is 11.8 Å². The summed E-state index contributed by atoms with van der Waals surface area (Å²) in [5.74, 6) is -0.156. The molecule has 0 saturated heterocycles. The zero-order valence-electron chi connectivity index (χ0n) is 13.9. The third-order valence-corrected chi connectivity index (χ3v) is 4.86. The molecular formula is C18H21ClNO4P. The van der Waals surface area contributed by atoms with Crippen molar-refractivity contribution in [2.75, 3.05) is 6.61 Å². The molecule has 7 heteroatoms. The molecule has 1 N–H and O–H groups in total. The van der Waals surface area contributed by atoms with Crippen LogP contribution in [0.4, 0.5) is 0 Å². The maximum absolute atomic E-state index is 12.6. The zero-order chi connectivity index (χ0) is 18.1. The van der Waals surface area contributed by atoms with Crippen molar-refractivity contribution in [1.29, 1.82) is 0 Å². The summed E-state index contributed by atoms with van der Waals surface area (Å²) in [7, 11) is 0. The number of rotatable bonds is 9. The lowest BCUT2D eigenvalue weighted by Gasteiger charge is -2.21. The molecule has 0 radical (unpaired) electrons. The van der Waals surface area contributed by atoms with Gasteiger partial charge in [0.2, 0.25) is 0 Å². The van der Waals surface area contributed by atoms with Gasteiger partial charge in [-0.15, -0.1) is 0 Å². The Labute approximate surface area is 152 Å². The number of halogens is 1. The van der Waals surface area contributed by atoms with Gasteiger partial charge in [-0.05, 0) is 30.5 Å². The molecule has 0 amide bonds. The number of nitrogens with one attached hydrogen (secondary N) is 1. The Kier molecular flexibility index (Phi) is 7.51. The molecule has 134 valence electrons. The van der Waals surface area contributed by atoms with E-state index in [0.717, 1.165) is 5.56 Å². The van der Waals surface area contributed by atoms with E-state index in [1.165, 1.54) is 0 Å². The van der Waals surface area contributed by atoms with Crippen molar-refractivity contribution in [3.05, 3.63) is 66.2 Å². The first-order chi connectivity index (χ1) is 12.0. The van der Waals surface area contributed by atoms with Gasteiger partial charge in [0.25, 0.3) is 0 Å². The fraction of sp³-hybridized carbons (Fsp3) is 0.278. The SMILES string of the molecule is CCCOC(=O)[C@H](Cc1ccccc1)NP(=O)(Cl)Oc1ccccc1. The van der Waals surface area contributed by atoms with Crippen LogP contribution in [0.2, 0.25) is 0 Å². The third-order valence-electron chi connectivity index (χ3n) is 3.29. The Morgan fingerprint density at radius 3 is 2.32 bits per heavy atom. The molecule has 5 nitrogen and oxygen atoms in total. The molecule has 0 fully saturated rings. The van der Waals surface area contributed by atoms with Gasteiger partial charge in [-0.1, -0.05) is 55.5 Å². The molecule has 2 aromatic rings. The summed E-state index contributed by atoms with van der Waals surface area (Å²) in [5, 5.41) is 2.62. The lowest BCUT2D eigenvalue weighted by molar-refractivity contribution is -0.145. The number of para-hydroxylation sites is 1. The molecule has 0 saturated carbocycles. The number of esters is 1. The Balaban J connectivity index is 2.10. The predicted octanol–water partition coefficient (Wildman–Crippen LogP) is 4.57. The number of carbonyl (C=O) groups is 1. The molecule has 2 rings (SSSR count). The standard InChI is InChI=1S/C18H21ClNO4P/c1-2-13-23-18(21)17(14-15-9-5-3-6-10-15)20-25(19,22)24-16-11-7-4-8-12-16/h3-12,17H,2,13-14H2,1H3,(H,20,22)/t17-,25?/m0/s1. The summed E-state index contributed by atoms with van der Waals surface area (Å²) in [6, 6.07) is 17.0. The highest BCUT2D eigenvalue weighted by Crippen LogP contribution is 2.48. The summed E-state index contributed by atoms with van der Waals surface area (Å²) in [4.78, 5) is 12.3. The van der Waals surface area contributed by atoms with Crippen molar-refractivity contribution in [3.8, 4) is 5.75 Å². The summed E-state index contributed by atoms with van der Waals surface area (Å²) < 4.78 is 23.1. The summed E-state index contributed by atoms with van der Waals surface area (Å²) >= 11 is 6.02. The fourth-order valence-corrected chi connectivity index (χ4v) is 3.77. The maximum atomic E-state index is 12.6. The van der Waals surface area contributed by atoms with Gasteiger partial charge in [-0.3, -0.25) is 4.79 Å². The number of hydrogen-bond donors (Lipinski definition) is 1. The van der Waals surface area contributed by atoms with Crippen LogP contribution in [0.3, 0.4) is 0 Å². The van der Waals surface area contributed by atoms with Crippen molar-refractivity contribution >= 4 is 24.1 Å². The Hall–Kier alpha value is -1.81. The topological polar surface area (TPSA) is 64.6 Å². The fourth-order valence-electron chi connectivity index (χ4n) is 2.16. The molecule has 0 aliphatic carbocycles. The highest BCUT2D eigenvalue weighted by molar-refractivity contribution is 7.84. The largest absolute Gasteiger partial charge is 0.465 e. The van der Waals surface area contributed by atoms with Gasteiger partial charge < -0.3 is 9.26 Å². The molecule has 0 spiro atoms. The van der Waals surface area contributed by atoms with E-state index in [1.54, 1.807) is 30.3 Å². The van der Waals surface area contributed by atoms with Crippen LogP contribution in [0.25, 0.3) is 0 Å². The molecule has 0 aromatic heterocycles.